The summed E-state index contributed by atoms with van der Waals surface area (Å²) in [5.74, 6) is 0.00675. The molecule has 1 fully saturated rings. The third-order valence-corrected chi connectivity index (χ3v) is 5.84. The molecule has 1 aromatic heterocycles. The summed E-state index contributed by atoms with van der Waals surface area (Å²) in [5, 5.41) is 7.51. The molecule has 162 valence electrons. The molecule has 30 heavy (non-hydrogen) atoms. The number of nitrogens with one attached hydrogen (secondary N) is 2. The van der Waals surface area contributed by atoms with Crippen LogP contribution < -0.4 is 15.5 Å². The normalized spacial score (nSPS) is 15.6. The number of amides is 3. The van der Waals surface area contributed by atoms with Crippen molar-refractivity contribution in [3.8, 4) is 0 Å². The first-order valence-electron chi connectivity index (χ1n) is 10.3. The molecule has 2 N–H and O–H groups in total. The number of hydrogen-bond acceptors (Lipinski definition) is 5. The zero-order valence-electron chi connectivity index (χ0n) is 17.8. The molecule has 1 aliphatic heterocycles. The lowest BCUT2D eigenvalue weighted by molar-refractivity contribution is 0.0511. The van der Waals surface area contributed by atoms with Crippen LogP contribution in [0.25, 0.3) is 0 Å². The molecule has 1 unspecified atom stereocenters. The molecule has 1 aromatic carbocycles. The third kappa shape index (κ3) is 5.73. The summed E-state index contributed by atoms with van der Waals surface area (Å²) in [6, 6.07) is 9.29. The molecule has 8 heteroatoms. The minimum absolute atomic E-state index is 0.00675. The SMILES string of the molecule is CCNC(=O)Nc1ccc(N(C)C)c(CN(CC2CCCO2)C(=O)c2cccs2)c1. The van der Waals surface area contributed by atoms with E-state index in [4.69, 9.17) is 4.74 Å². The Morgan fingerprint density at radius 1 is 1.27 bits per heavy atom. The predicted molar refractivity (Wildman–Crippen MR) is 121 cm³/mol. The molecule has 1 aliphatic rings. The van der Waals surface area contributed by atoms with E-state index in [0.717, 1.165) is 35.6 Å². The van der Waals surface area contributed by atoms with Gasteiger partial charge in [0, 0.05) is 51.7 Å². The first-order chi connectivity index (χ1) is 14.5. The molecule has 0 aliphatic carbocycles. The molecular weight excluding hydrogens is 400 g/mol. The molecule has 3 amide bonds. The van der Waals surface area contributed by atoms with Crippen molar-refractivity contribution < 1.29 is 14.3 Å². The van der Waals surface area contributed by atoms with E-state index in [1.54, 1.807) is 0 Å². The van der Waals surface area contributed by atoms with E-state index in [0.29, 0.717) is 25.3 Å². The van der Waals surface area contributed by atoms with Gasteiger partial charge in [0.25, 0.3) is 5.91 Å². The lowest BCUT2D eigenvalue weighted by atomic mass is 10.1. The highest BCUT2D eigenvalue weighted by atomic mass is 32.1. The molecule has 0 saturated carbocycles. The van der Waals surface area contributed by atoms with Gasteiger partial charge in [-0.2, -0.15) is 0 Å². The number of nitrogens with zero attached hydrogens (tertiary/aromatic N) is 2. The van der Waals surface area contributed by atoms with Crippen LogP contribution >= 0.6 is 11.3 Å². The Kier molecular flexibility index (Phi) is 7.70. The molecule has 7 nitrogen and oxygen atoms in total. The second-order valence-electron chi connectivity index (χ2n) is 7.52. The Hall–Kier alpha value is -2.58. The van der Waals surface area contributed by atoms with Gasteiger partial charge < -0.3 is 25.2 Å². The van der Waals surface area contributed by atoms with Crippen LogP contribution in [-0.2, 0) is 11.3 Å². The van der Waals surface area contributed by atoms with Crippen LogP contribution in [0.2, 0.25) is 0 Å². The second kappa shape index (κ2) is 10.4. The third-order valence-electron chi connectivity index (χ3n) is 4.98. The van der Waals surface area contributed by atoms with Crippen LogP contribution in [0, 0.1) is 0 Å². The van der Waals surface area contributed by atoms with Gasteiger partial charge in [0.1, 0.15) is 0 Å². The lowest BCUT2D eigenvalue weighted by Crippen LogP contribution is -2.37. The Morgan fingerprint density at radius 2 is 2.10 bits per heavy atom. The fraction of sp³-hybridized carbons (Fsp3) is 0.455. The Morgan fingerprint density at radius 3 is 2.73 bits per heavy atom. The van der Waals surface area contributed by atoms with Crippen molar-refractivity contribution >= 4 is 34.6 Å². The van der Waals surface area contributed by atoms with Gasteiger partial charge in [0.05, 0.1) is 11.0 Å². The van der Waals surface area contributed by atoms with Gasteiger partial charge in [0.15, 0.2) is 0 Å². The van der Waals surface area contributed by atoms with Gasteiger partial charge in [-0.15, -0.1) is 11.3 Å². The van der Waals surface area contributed by atoms with Crippen LogP contribution in [0.4, 0.5) is 16.2 Å². The minimum atomic E-state index is -0.244. The van der Waals surface area contributed by atoms with Crippen molar-refractivity contribution in [3.63, 3.8) is 0 Å². The highest BCUT2D eigenvalue weighted by molar-refractivity contribution is 7.12. The zero-order chi connectivity index (χ0) is 21.5. The molecule has 2 aromatic rings. The van der Waals surface area contributed by atoms with E-state index in [-0.39, 0.29) is 18.0 Å². The van der Waals surface area contributed by atoms with E-state index in [1.165, 1.54) is 11.3 Å². The minimum Gasteiger partial charge on any atom is -0.377 e. The fourth-order valence-electron chi connectivity index (χ4n) is 3.58. The summed E-state index contributed by atoms with van der Waals surface area (Å²) >= 11 is 1.45. The first-order valence-corrected chi connectivity index (χ1v) is 11.2. The summed E-state index contributed by atoms with van der Waals surface area (Å²) in [7, 11) is 3.95. The zero-order valence-corrected chi connectivity index (χ0v) is 18.6. The van der Waals surface area contributed by atoms with Crippen LogP contribution in [0.1, 0.15) is 35.0 Å². The Bertz CT molecular complexity index is 848. The van der Waals surface area contributed by atoms with Crippen molar-refractivity contribution in [1.29, 1.82) is 0 Å². The average Bonchev–Trinajstić information content (AvgIpc) is 3.41. The number of hydrogen-bond donors (Lipinski definition) is 2. The number of carbonyl (C=O) groups excluding carboxylic acids is 2. The largest absolute Gasteiger partial charge is 0.377 e. The number of benzene rings is 1. The predicted octanol–water partition coefficient (Wildman–Crippen LogP) is 3.78. The highest BCUT2D eigenvalue weighted by Gasteiger charge is 2.25. The van der Waals surface area contributed by atoms with Gasteiger partial charge >= 0.3 is 6.03 Å². The number of rotatable bonds is 8. The van der Waals surface area contributed by atoms with Gasteiger partial charge in [-0.1, -0.05) is 6.07 Å². The molecular formula is C22H30N4O3S. The number of carbonyl (C=O) groups is 2. The number of thiophene rings is 1. The maximum absolute atomic E-state index is 13.2. The molecule has 0 radical (unpaired) electrons. The molecule has 0 spiro atoms. The maximum atomic E-state index is 13.2. The van der Waals surface area contributed by atoms with E-state index in [9.17, 15) is 9.59 Å². The summed E-state index contributed by atoms with van der Waals surface area (Å²) in [5.41, 5.74) is 2.67. The van der Waals surface area contributed by atoms with Gasteiger partial charge in [-0.3, -0.25) is 4.79 Å². The van der Waals surface area contributed by atoms with E-state index >= 15 is 0 Å². The summed E-state index contributed by atoms with van der Waals surface area (Å²) < 4.78 is 5.80. The topological polar surface area (TPSA) is 73.9 Å². The van der Waals surface area contributed by atoms with Crippen LogP contribution in [0.5, 0.6) is 0 Å². The maximum Gasteiger partial charge on any atom is 0.319 e. The number of urea groups is 1. The monoisotopic (exact) mass is 430 g/mol. The highest BCUT2D eigenvalue weighted by Crippen LogP contribution is 2.26. The van der Waals surface area contributed by atoms with Gasteiger partial charge in [-0.05, 0) is 55.0 Å². The molecule has 1 atom stereocenters. The Balaban J connectivity index is 1.86. The smallest absolute Gasteiger partial charge is 0.319 e. The average molecular weight is 431 g/mol. The van der Waals surface area contributed by atoms with Crippen molar-refractivity contribution in [1.82, 2.24) is 10.2 Å². The van der Waals surface area contributed by atoms with Crippen molar-refractivity contribution in [3.05, 3.63) is 46.2 Å². The second-order valence-corrected chi connectivity index (χ2v) is 8.47. The Labute approximate surface area is 182 Å². The summed E-state index contributed by atoms with van der Waals surface area (Å²) in [6.45, 7) is 4.17. The lowest BCUT2D eigenvalue weighted by Gasteiger charge is -2.28. The van der Waals surface area contributed by atoms with Gasteiger partial charge in [0.2, 0.25) is 0 Å². The molecule has 0 bridgehead atoms. The van der Waals surface area contributed by atoms with Crippen molar-refractivity contribution in [2.45, 2.75) is 32.4 Å². The fourth-order valence-corrected chi connectivity index (χ4v) is 4.27. The standard InChI is InChI=1S/C22H30N4O3S/c1-4-23-22(28)24-17-9-10-19(25(2)3)16(13-17)14-26(15-18-7-5-11-29-18)21(27)20-8-6-12-30-20/h6,8-10,12-13,18H,4-5,7,11,14-15H2,1-3H3,(H2,23,24,28). The van der Waals surface area contributed by atoms with Crippen LogP contribution in [-0.4, -0.2) is 56.7 Å². The number of ether oxygens (including phenoxy) is 1. The summed E-state index contributed by atoms with van der Waals surface area (Å²) in [6.07, 6.45) is 2.06. The van der Waals surface area contributed by atoms with E-state index in [2.05, 4.69) is 10.6 Å². The summed E-state index contributed by atoms with van der Waals surface area (Å²) in [4.78, 5) is 29.8. The van der Waals surface area contributed by atoms with Crippen LogP contribution in [0.3, 0.4) is 0 Å². The van der Waals surface area contributed by atoms with Crippen molar-refractivity contribution in [2.24, 2.45) is 0 Å². The van der Waals surface area contributed by atoms with E-state index in [1.807, 2.05) is 66.5 Å². The molecule has 2 heterocycles. The molecule has 3 rings (SSSR count). The first kappa shape index (κ1) is 22.1. The van der Waals surface area contributed by atoms with Gasteiger partial charge in [-0.25, -0.2) is 4.79 Å². The van der Waals surface area contributed by atoms with Crippen LogP contribution in [0.15, 0.2) is 35.7 Å². The quantitative estimate of drug-likeness (QED) is 0.669. The van der Waals surface area contributed by atoms with Crippen molar-refractivity contribution in [2.75, 3.05) is 44.0 Å². The molecule has 1 saturated heterocycles. The van der Waals surface area contributed by atoms with E-state index < -0.39 is 0 Å². The number of anilines is 2.